The molecule has 0 saturated carbocycles. The second kappa shape index (κ2) is 6.39. The van der Waals surface area contributed by atoms with Gasteiger partial charge in [-0.3, -0.25) is 0 Å². The molecular weight excluding hydrogens is 253 g/mol. The third-order valence-corrected chi connectivity index (χ3v) is 3.54. The van der Waals surface area contributed by atoms with Crippen molar-refractivity contribution in [2.75, 3.05) is 13.1 Å². The first-order chi connectivity index (χ1) is 8.69. The monoisotopic (exact) mass is 271 g/mol. The van der Waals surface area contributed by atoms with E-state index in [2.05, 4.69) is 12.2 Å². The number of ether oxygens (including phenoxy) is 1. The number of benzene rings is 1. The first-order valence-electron chi connectivity index (χ1n) is 6.52. The summed E-state index contributed by atoms with van der Waals surface area (Å²) >= 11 is 5.84. The van der Waals surface area contributed by atoms with Crippen LogP contribution in [0, 0.1) is 11.7 Å². The van der Waals surface area contributed by atoms with Crippen molar-refractivity contribution in [1.82, 2.24) is 5.32 Å². The van der Waals surface area contributed by atoms with Gasteiger partial charge in [0.2, 0.25) is 0 Å². The van der Waals surface area contributed by atoms with Crippen molar-refractivity contribution in [3.63, 3.8) is 0 Å². The topological polar surface area (TPSA) is 21.3 Å². The summed E-state index contributed by atoms with van der Waals surface area (Å²) in [5.74, 6) is 0.689. The van der Waals surface area contributed by atoms with Crippen molar-refractivity contribution in [1.29, 1.82) is 0 Å². The Morgan fingerprint density at radius 2 is 2.33 bits per heavy atom. The number of halogens is 2. The predicted octanol–water partition coefficient (Wildman–Crippen LogP) is 3.64. The molecule has 100 valence electrons. The molecule has 0 amide bonds. The Morgan fingerprint density at radius 1 is 1.50 bits per heavy atom. The summed E-state index contributed by atoms with van der Waals surface area (Å²) in [7, 11) is 0. The molecule has 4 heteroatoms. The molecule has 1 aromatic rings. The van der Waals surface area contributed by atoms with Crippen molar-refractivity contribution in [3.05, 3.63) is 29.0 Å². The van der Waals surface area contributed by atoms with Crippen LogP contribution in [0.2, 0.25) is 5.02 Å². The highest BCUT2D eigenvalue weighted by Crippen LogP contribution is 2.26. The average molecular weight is 272 g/mol. The third-order valence-electron chi connectivity index (χ3n) is 3.32. The highest BCUT2D eigenvalue weighted by Gasteiger charge is 2.25. The largest absolute Gasteiger partial charge is 0.490 e. The van der Waals surface area contributed by atoms with Crippen LogP contribution in [0.25, 0.3) is 0 Å². The fraction of sp³-hybridized carbons (Fsp3) is 0.571. The standard InChI is InChI=1S/C14H19ClFNO/c1-2-3-14(10-4-5-17-9-10)18-13-7-11(15)6-12(16)8-13/h6-8,10,14,17H,2-5,9H2,1H3/t10-,14+/m0/s1. The molecule has 1 N–H and O–H groups in total. The molecule has 1 heterocycles. The van der Waals surface area contributed by atoms with Gasteiger partial charge < -0.3 is 10.1 Å². The van der Waals surface area contributed by atoms with E-state index >= 15 is 0 Å². The molecule has 1 aromatic carbocycles. The molecule has 0 bridgehead atoms. The van der Waals surface area contributed by atoms with Gasteiger partial charge in [-0.15, -0.1) is 0 Å². The van der Waals surface area contributed by atoms with E-state index < -0.39 is 0 Å². The zero-order valence-corrected chi connectivity index (χ0v) is 11.3. The van der Waals surface area contributed by atoms with Crippen LogP contribution in [-0.2, 0) is 0 Å². The Labute approximate surface area is 112 Å². The van der Waals surface area contributed by atoms with E-state index in [1.807, 2.05) is 0 Å². The lowest BCUT2D eigenvalue weighted by Gasteiger charge is -2.24. The van der Waals surface area contributed by atoms with Crippen LogP contribution in [0.1, 0.15) is 26.2 Å². The molecule has 1 saturated heterocycles. The Balaban J connectivity index is 2.07. The van der Waals surface area contributed by atoms with Crippen LogP contribution in [0.3, 0.4) is 0 Å². The molecule has 2 atom stereocenters. The zero-order valence-electron chi connectivity index (χ0n) is 10.6. The summed E-state index contributed by atoms with van der Waals surface area (Å²) in [4.78, 5) is 0. The van der Waals surface area contributed by atoms with Gasteiger partial charge in [-0.2, -0.15) is 0 Å². The van der Waals surface area contributed by atoms with E-state index in [0.29, 0.717) is 16.7 Å². The average Bonchev–Trinajstić information content (AvgIpc) is 2.80. The van der Waals surface area contributed by atoms with Gasteiger partial charge in [-0.05, 0) is 31.5 Å². The summed E-state index contributed by atoms with van der Waals surface area (Å²) in [6.07, 6.45) is 3.31. The van der Waals surface area contributed by atoms with Crippen LogP contribution in [-0.4, -0.2) is 19.2 Å². The molecule has 0 radical (unpaired) electrons. The van der Waals surface area contributed by atoms with E-state index in [9.17, 15) is 4.39 Å². The number of hydrogen-bond acceptors (Lipinski definition) is 2. The van der Waals surface area contributed by atoms with E-state index in [1.54, 1.807) is 6.07 Å². The predicted molar refractivity (Wildman–Crippen MR) is 71.7 cm³/mol. The van der Waals surface area contributed by atoms with Gasteiger partial charge in [-0.25, -0.2) is 4.39 Å². The van der Waals surface area contributed by atoms with Gasteiger partial charge in [-0.1, -0.05) is 24.9 Å². The van der Waals surface area contributed by atoms with E-state index in [1.165, 1.54) is 12.1 Å². The molecule has 0 aromatic heterocycles. The minimum absolute atomic E-state index is 0.142. The van der Waals surface area contributed by atoms with Crippen LogP contribution >= 0.6 is 11.6 Å². The minimum Gasteiger partial charge on any atom is -0.490 e. The lowest BCUT2D eigenvalue weighted by molar-refractivity contribution is 0.132. The number of rotatable bonds is 5. The third kappa shape index (κ3) is 3.59. The Kier molecular flexibility index (Phi) is 4.84. The van der Waals surface area contributed by atoms with Gasteiger partial charge in [0.15, 0.2) is 0 Å². The second-order valence-corrected chi connectivity index (χ2v) is 5.24. The quantitative estimate of drug-likeness (QED) is 0.883. The smallest absolute Gasteiger partial charge is 0.128 e. The molecule has 1 aliphatic rings. The van der Waals surface area contributed by atoms with Crippen molar-refractivity contribution in [2.45, 2.75) is 32.3 Å². The van der Waals surface area contributed by atoms with Crippen molar-refractivity contribution in [2.24, 2.45) is 5.92 Å². The molecule has 2 rings (SSSR count). The van der Waals surface area contributed by atoms with Crippen molar-refractivity contribution < 1.29 is 9.13 Å². The maximum atomic E-state index is 13.3. The lowest BCUT2D eigenvalue weighted by atomic mass is 9.97. The number of nitrogens with one attached hydrogen (secondary N) is 1. The first-order valence-corrected chi connectivity index (χ1v) is 6.90. The Hall–Kier alpha value is -0.800. The van der Waals surface area contributed by atoms with E-state index in [0.717, 1.165) is 32.4 Å². The van der Waals surface area contributed by atoms with E-state index in [4.69, 9.17) is 16.3 Å². The fourth-order valence-corrected chi connectivity index (χ4v) is 2.65. The minimum atomic E-state index is -0.350. The summed E-state index contributed by atoms with van der Waals surface area (Å²) in [6.45, 7) is 4.16. The Bertz CT molecular complexity index is 373. The van der Waals surface area contributed by atoms with Crippen molar-refractivity contribution >= 4 is 11.6 Å². The lowest BCUT2D eigenvalue weighted by Crippen LogP contribution is -2.28. The van der Waals surface area contributed by atoms with Gasteiger partial charge in [0.25, 0.3) is 0 Å². The highest BCUT2D eigenvalue weighted by atomic mass is 35.5. The molecule has 1 aliphatic heterocycles. The van der Waals surface area contributed by atoms with Crippen LogP contribution < -0.4 is 10.1 Å². The summed E-state index contributed by atoms with van der Waals surface area (Å²) < 4.78 is 19.2. The van der Waals surface area contributed by atoms with Gasteiger partial charge >= 0.3 is 0 Å². The molecule has 0 aliphatic carbocycles. The van der Waals surface area contributed by atoms with Gasteiger partial charge in [0, 0.05) is 23.6 Å². The summed E-state index contributed by atoms with van der Waals surface area (Å²) in [5.41, 5.74) is 0. The molecule has 0 spiro atoms. The maximum absolute atomic E-state index is 13.3. The van der Waals surface area contributed by atoms with Gasteiger partial charge in [0.05, 0.1) is 0 Å². The molecule has 1 fully saturated rings. The van der Waals surface area contributed by atoms with Gasteiger partial charge in [0.1, 0.15) is 17.7 Å². The van der Waals surface area contributed by atoms with Crippen molar-refractivity contribution in [3.8, 4) is 5.75 Å². The first kappa shape index (κ1) is 13.6. The normalized spacial score (nSPS) is 20.9. The van der Waals surface area contributed by atoms with E-state index in [-0.39, 0.29) is 11.9 Å². The fourth-order valence-electron chi connectivity index (χ4n) is 2.44. The Morgan fingerprint density at radius 3 is 2.94 bits per heavy atom. The summed E-state index contributed by atoms with van der Waals surface area (Å²) in [5, 5.41) is 3.72. The van der Waals surface area contributed by atoms with Crippen LogP contribution in [0.15, 0.2) is 18.2 Å². The molecule has 0 unspecified atom stereocenters. The maximum Gasteiger partial charge on any atom is 0.128 e. The SMILES string of the molecule is CCC[C@@H](Oc1cc(F)cc(Cl)c1)[C@H]1CCNC1. The molecule has 2 nitrogen and oxygen atoms in total. The summed E-state index contributed by atoms with van der Waals surface area (Å²) in [6, 6.07) is 4.37. The second-order valence-electron chi connectivity index (χ2n) is 4.80. The number of hydrogen-bond donors (Lipinski definition) is 1. The molecular formula is C14H19ClFNO. The molecule has 18 heavy (non-hydrogen) atoms. The zero-order chi connectivity index (χ0) is 13.0. The van der Waals surface area contributed by atoms with Crippen LogP contribution in [0.5, 0.6) is 5.75 Å². The highest BCUT2D eigenvalue weighted by molar-refractivity contribution is 6.30. The van der Waals surface area contributed by atoms with Crippen LogP contribution in [0.4, 0.5) is 4.39 Å².